The first-order valence-corrected chi connectivity index (χ1v) is 6.94. The van der Waals surface area contributed by atoms with Gasteiger partial charge in [0.15, 0.2) is 0 Å². The van der Waals surface area contributed by atoms with E-state index in [0.29, 0.717) is 13.0 Å². The summed E-state index contributed by atoms with van der Waals surface area (Å²) in [4.78, 5) is 11.5. The molecule has 2 heteroatoms. The molecule has 0 atom stereocenters. The van der Waals surface area contributed by atoms with Gasteiger partial charge in [0.1, 0.15) is 6.61 Å². The van der Waals surface area contributed by atoms with Crippen molar-refractivity contribution in [2.24, 2.45) is 0 Å². The summed E-state index contributed by atoms with van der Waals surface area (Å²) in [5, 5.41) is 0. The largest absolute Gasteiger partial charge is 0.461 e. The summed E-state index contributed by atoms with van der Waals surface area (Å²) in [5.74, 6) is -0.0743. The molecule has 0 aliphatic rings. The van der Waals surface area contributed by atoms with E-state index in [0.717, 1.165) is 18.4 Å². The second-order valence-corrected chi connectivity index (χ2v) is 4.75. The van der Waals surface area contributed by atoms with Crippen LogP contribution in [0.3, 0.4) is 0 Å². The van der Waals surface area contributed by atoms with Gasteiger partial charge in [-0.15, -0.1) is 0 Å². The highest BCUT2D eigenvalue weighted by Gasteiger charge is 2.04. The Balaban J connectivity index is 2.15. The van der Waals surface area contributed by atoms with Gasteiger partial charge in [0.2, 0.25) is 0 Å². The number of unbranched alkanes of at least 4 members (excludes halogenated alkanes) is 4. The van der Waals surface area contributed by atoms with Crippen molar-refractivity contribution in [3.8, 4) is 0 Å². The van der Waals surface area contributed by atoms with Crippen LogP contribution in [0.25, 0.3) is 0 Å². The van der Waals surface area contributed by atoms with Crippen LogP contribution in [0.2, 0.25) is 0 Å². The SMILES string of the molecule is CCCCCCCC(=O)OCc1ccccc1C. The highest BCUT2D eigenvalue weighted by atomic mass is 16.5. The van der Waals surface area contributed by atoms with Gasteiger partial charge in [-0.2, -0.15) is 0 Å². The Bertz CT molecular complexity index is 358. The lowest BCUT2D eigenvalue weighted by atomic mass is 10.1. The molecule has 0 bridgehead atoms. The molecule has 1 aromatic rings. The number of esters is 1. The molecule has 0 amide bonds. The molecule has 100 valence electrons. The molecule has 18 heavy (non-hydrogen) atoms. The standard InChI is InChI=1S/C16H24O2/c1-3-4-5-6-7-12-16(17)18-13-15-11-9-8-10-14(15)2/h8-11H,3-7,12-13H2,1-2H3. The average Bonchev–Trinajstić information content (AvgIpc) is 2.37. The third-order valence-electron chi connectivity index (χ3n) is 3.13. The fourth-order valence-corrected chi connectivity index (χ4v) is 1.88. The van der Waals surface area contributed by atoms with E-state index in [4.69, 9.17) is 4.74 Å². The van der Waals surface area contributed by atoms with Gasteiger partial charge in [0, 0.05) is 6.42 Å². The van der Waals surface area contributed by atoms with Crippen LogP contribution in [0.4, 0.5) is 0 Å². The van der Waals surface area contributed by atoms with E-state index < -0.39 is 0 Å². The molecule has 0 spiro atoms. The molecule has 0 fully saturated rings. The van der Waals surface area contributed by atoms with E-state index >= 15 is 0 Å². The first-order chi connectivity index (χ1) is 8.74. The zero-order valence-electron chi connectivity index (χ0n) is 11.6. The molecule has 0 saturated heterocycles. The Kier molecular flexibility index (Phi) is 7.16. The van der Waals surface area contributed by atoms with Crippen molar-refractivity contribution < 1.29 is 9.53 Å². The Labute approximate surface area is 110 Å². The van der Waals surface area contributed by atoms with E-state index in [2.05, 4.69) is 6.92 Å². The minimum atomic E-state index is -0.0743. The maximum atomic E-state index is 11.5. The molecule has 1 aromatic carbocycles. The number of carbonyl (C=O) groups is 1. The zero-order valence-corrected chi connectivity index (χ0v) is 11.6. The summed E-state index contributed by atoms with van der Waals surface area (Å²) in [7, 11) is 0. The molecule has 0 aliphatic heterocycles. The van der Waals surface area contributed by atoms with E-state index in [-0.39, 0.29) is 5.97 Å². The summed E-state index contributed by atoms with van der Waals surface area (Å²) < 4.78 is 5.28. The van der Waals surface area contributed by atoms with E-state index in [1.165, 1.54) is 24.8 Å². The Morgan fingerprint density at radius 2 is 1.83 bits per heavy atom. The smallest absolute Gasteiger partial charge is 0.306 e. The molecule has 0 unspecified atom stereocenters. The molecule has 2 nitrogen and oxygen atoms in total. The summed E-state index contributed by atoms with van der Waals surface area (Å²) in [6.07, 6.45) is 6.35. The van der Waals surface area contributed by atoms with Gasteiger partial charge in [0.25, 0.3) is 0 Å². The van der Waals surface area contributed by atoms with Crippen molar-refractivity contribution in [2.45, 2.75) is 59.0 Å². The molecule has 0 saturated carbocycles. The van der Waals surface area contributed by atoms with Crippen molar-refractivity contribution in [1.29, 1.82) is 0 Å². The third kappa shape index (κ3) is 5.85. The van der Waals surface area contributed by atoms with Crippen LogP contribution in [0, 0.1) is 6.92 Å². The van der Waals surface area contributed by atoms with Crippen LogP contribution in [0.5, 0.6) is 0 Å². The normalized spacial score (nSPS) is 10.3. The second-order valence-electron chi connectivity index (χ2n) is 4.75. The number of aryl methyl sites for hydroxylation is 1. The summed E-state index contributed by atoms with van der Waals surface area (Å²) in [6, 6.07) is 8.01. The van der Waals surface area contributed by atoms with E-state index in [1.54, 1.807) is 0 Å². The number of benzene rings is 1. The lowest BCUT2D eigenvalue weighted by Crippen LogP contribution is -2.05. The Hall–Kier alpha value is -1.31. The van der Waals surface area contributed by atoms with Crippen LogP contribution in [0.15, 0.2) is 24.3 Å². The summed E-state index contributed by atoms with van der Waals surface area (Å²) >= 11 is 0. The molecule has 0 aliphatic carbocycles. The first-order valence-electron chi connectivity index (χ1n) is 6.94. The minimum Gasteiger partial charge on any atom is -0.461 e. The first kappa shape index (κ1) is 14.7. The van der Waals surface area contributed by atoms with Crippen LogP contribution >= 0.6 is 0 Å². The second kappa shape index (κ2) is 8.73. The fourth-order valence-electron chi connectivity index (χ4n) is 1.88. The summed E-state index contributed by atoms with van der Waals surface area (Å²) in [6.45, 7) is 4.63. The van der Waals surface area contributed by atoms with Gasteiger partial charge < -0.3 is 4.74 Å². The van der Waals surface area contributed by atoms with Gasteiger partial charge >= 0.3 is 5.97 Å². The third-order valence-corrected chi connectivity index (χ3v) is 3.13. The fraction of sp³-hybridized carbons (Fsp3) is 0.562. The topological polar surface area (TPSA) is 26.3 Å². The number of carbonyl (C=O) groups excluding carboxylic acids is 1. The van der Waals surface area contributed by atoms with Crippen LogP contribution in [0.1, 0.15) is 56.6 Å². The molecule has 1 rings (SSSR count). The maximum Gasteiger partial charge on any atom is 0.306 e. The number of ether oxygens (including phenoxy) is 1. The molecule has 0 aromatic heterocycles. The monoisotopic (exact) mass is 248 g/mol. The van der Waals surface area contributed by atoms with Gasteiger partial charge in [-0.25, -0.2) is 0 Å². The molecular formula is C16H24O2. The number of hydrogen-bond donors (Lipinski definition) is 0. The number of hydrogen-bond acceptors (Lipinski definition) is 2. The van der Waals surface area contributed by atoms with Crippen LogP contribution < -0.4 is 0 Å². The van der Waals surface area contributed by atoms with E-state index in [9.17, 15) is 4.79 Å². The lowest BCUT2D eigenvalue weighted by molar-refractivity contribution is -0.145. The predicted molar refractivity (Wildman–Crippen MR) is 74.4 cm³/mol. The Morgan fingerprint density at radius 3 is 2.56 bits per heavy atom. The Morgan fingerprint density at radius 1 is 1.11 bits per heavy atom. The van der Waals surface area contributed by atoms with Crippen molar-refractivity contribution in [1.82, 2.24) is 0 Å². The van der Waals surface area contributed by atoms with Crippen molar-refractivity contribution >= 4 is 5.97 Å². The molecule has 0 N–H and O–H groups in total. The predicted octanol–water partition coefficient (Wildman–Crippen LogP) is 4.40. The maximum absolute atomic E-state index is 11.5. The summed E-state index contributed by atoms with van der Waals surface area (Å²) in [5.41, 5.74) is 2.27. The molecule has 0 heterocycles. The number of rotatable bonds is 8. The van der Waals surface area contributed by atoms with Gasteiger partial charge in [-0.3, -0.25) is 4.79 Å². The molecular weight excluding hydrogens is 224 g/mol. The molecule has 0 radical (unpaired) electrons. The lowest BCUT2D eigenvalue weighted by Gasteiger charge is -2.07. The average molecular weight is 248 g/mol. The highest BCUT2D eigenvalue weighted by Crippen LogP contribution is 2.10. The van der Waals surface area contributed by atoms with E-state index in [1.807, 2.05) is 31.2 Å². The van der Waals surface area contributed by atoms with Crippen molar-refractivity contribution in [3.05, 3.63) is 35.4 Å². The van der Waals surface area contributed by atoms with Crippen molar-refractivity contribution in [3.63, 3.8) is 0 Å². The highest BCUT2D eigenvalue weighted by molar-refractivity contribution is 5.69. The van der Waals surface area contributed by atoms with Crippen LogP contribution in [-0.4, -0.2) is 5.97 Å². The minimum absolute atomic E-state index is 0.0743. The van der Waals surface area contributed by atoms with Gasteiger partial charge in [0.05, 0.1) is 0 Å². The quantitative estimate of drug-likeness (QED) is 0.503. The van der Waals surface area contributed by atoms with Gasteiger partial charge in [-0.05, 0) is 24.5 Å². The zero-order chi connectivity index (χ0) is 13.2. The van der Waals surface area contributed by atoms with Crippen molar-refractivity contribution in [2.75, 3.05) is 0 Å². The van der Waals surface area contributed by atoms with Crippen LogP contribution in [-0.2, 0) is 16.1 Å². The van der Waals surface area contributed by atoms with Gasteiger partial charge in [-0.1, -0.05) is 56.9 Å².